The van der Waals surface area contributed by atoms with Gasteiger partial charge in [0.15, 0.2) is 0 Å². The second kappa shape index (κ2) is 1.32. The SMILES string of the molecule is CC1=CC1C(C)F. The average molecular weight is 100 g/mol. The third-order valence-corrected chi connectivity index (χ3v) is 1.35. The van der Waals surface area contributed by atoms with E-state index < -0.39 is 6.17 Å². The minimum Gasteiger partial charge on any atom is -0.247 e. The van der Waals surface area contributed by atoms with E-state index in [1.807, 2.05) is 13.0 Å². The number of hydrogen-bond donors (Lipinski definition) is 0. The molecule has 0 amide bonds. The molecule has 0 nitrogen and oxygen atoms in total. The van der Waals surface area contributed by atoms with Gasteiger partial charge in [0, 0.05) is 5.92 Å². The molecule has 0 N–H and O–H groups in total. The normalized spacial score (nSPS) is 31.9. The first-order chi connectivity index (χ1) is 3.22. The summed E-state index contributed by atoms with van der Waals surface area (Å²) in [5, 5.41) is 0. The summed E-state index contributed by atoms with van der Waals surface area (Å²) < 4.78 is 12.1. The second-order valence-corrected chi connectivity index (χ2v) is 2.11. The lowest BCUT2D eigenvalue weighted by Gasteiger charge is -1.94. The van der Waals surface area contributed by atoms with Gasteiger partial charge in [-0.2, -0.15) is 0 Å². The minimum atomic E-state index is -0.653. The summed E-state index contributed by atoms with van der Waals surface area (Å²) in [6.45, 7) is 3.55. The molecule has 2 unspecified atom stereocenters. The monoisotopic (exact) mass is 100 g/mol. The Balaban J connectivity index is 2.25. The van der Waals surface area contributed by atoms with Crippen LogP contribution in [0.1, 0.15) is 13.8 Å². The molecule has 0 aromatic heterocycles. The van der Waals surface area contributed by atoms with E-state index in [1.54, 1.807) is 6.92 Å². The van der Waals surface area contributed by atoms with Gasteiger partial charge in [0.25, 0.3) is 0 Å². The number of allylic oxidation sites excluding steroid dienone is 2. The van der Waals surface area contributed by atoms with Crippen molar-refractivity contribution in [2.45, 2.75) is 20.0 Å². The third-order valence-electron chi connectivity index (χ3n) is 1.35. The Morgan fingerprint density at radius 3 is 2.29 bits per heavy atom. The van der Waals surface area contributed by atoms with Crippen LogP contribution in [0.4, 0.5) is 4.39 Å². The van der Waals surface area contributed by atoms with Crippen LogP contribution in [0.5, 0.6) is 0 Å². The Labute approximate surface area is 43.0 Å². The Bertz CT molecular complexity index is 103. The van der Waals surface area contributed by atoms with Crippen LogP contribution >= 0.6 is 0 Å². The van der Waals surface area contributed by atoms with Crippen molar-refractivity contribution in [1.29, 1.82) is 0 Å². The van der Waals surface area contributed by atoms with E-state index in [0.29, 0.717) is 0 Å². The standard InChI is InChI=1S/C6H9F/c1-4-3-6(4)5(2)7/h3,5-6H,1-2H3. The van der Waals surface area contributed by atoms with Crippen molar-refractivity contribution in [2.75, 3.05) is 0 Å². The molecule has 1 rings (SSSR count). The Hall–Kier alpha value is -0.330. The summed E-state index contributed by atoms with van der Waals surface area (Å²) in [7, 11) is 0. The molecular weight excluding hydrogens is 91.1 g/mol. The van der Waals surface area contributed by atoms with Crippen LogP contribution in [0.2, 0.25) is 0 Å². The first-order valence-electron chi connectivity index (χ1n) is 2.54. The smallest absolute Gasteiger partial charge is 0.107 e. The fourth-order valence-electron chi connectivity index (χ4n) is 0.730. The van der Waals surface area contributed by atoms with E-state index in [4.69, 9.17) is 0 Å². The molecule has 40 valence electrons. The zero-order chi connectivity index (χ0) is 5.44. The van der Waals surface area contributed by atoms with Gasteiger partial charge >= 0.3 is 0 Å². The summed E-state index contributed by atoms with van der Waals surface area (Å²) in [6.07, 6.45) is 1.30. The second-order valence-electron chi connectivity index (χ2n) is 2.11. The van der Waals surface area contributed by atoms with E-state index in [9.17, 15) is 4.39 Å². The largest absolute Gasteiger partial charge is 0.247 e. The zero-order valence-electron chi connectivity index (χ0n) is 4.61. The third kappa shape index (κ3) is 0.817. The van der Waals surface area contributed by atoms with Crippen LogP contribution < -0.4 is 0 Å². The molecule has 1 heteroatoms. The van der Waals surface area contributed by atoms with Gasteiger partial charge in [-0.3, -0.25) is 0 Å². The molecule has 2 atom stereocenters. The molecule has 0 saturated heterocycles. The first-order valence-corrected chi connectivity index (χ1v) is 2.54. The van der Waals surface area contributed by atoms with Crippen LogP contribution in [-0.4, -0.2) is 6.17 Å². The summed E-state index contributed by atoms with van der Waals surface area (Å²) in [4.78, 5) is 0. The molecule has 0 bridgehead atoms. The van der Waals surface area contributed by atoms with Gasteiger partial charge in [0.2, 0.25) is 0 Å². The fourth-order valence-corrected chi connectivity index (χ4v) is 0.730. The number of alkyl halides is 1. The van der Waals surface area contributed by atoms with E-state index in [2.05, 4.69) is 0 Å². The molecule has 0 aromatic carbocycles. The highest BCUT2D eigenvalue weighted by molar-refractivity contribution is 5.28. The maximum atomic E-state index is 12.1. The number of rotatable bonds is 1. The Morgan fingerprint density at radius 1 is 1.86 bits per heavy atom. The van der Waals surface area contributed by atoms with Gasteiger partial charge in [-0.05, 0) is 13.8 Å². The minimum absolute atomic E-state index is 0.194. The predicted molar refractivity (Wildman–Crippen MR) is 27.8 cm³/mol. The molecule has 1 aliphatic carbocycles. The zero-order valence-corrected chi connectivity index (χ0v) is 4.61. The van der Waals surface area contributed by atoms with Crippen LogP contribution in [0.25, 0.3) is 0 Å². The van der Waals surface area contributed by atoms with Crippen molar-refractivity contribution in [3.63, 3.8) is 0 Å². The Morgan fingerprint density at radius 2 is 2.29 bits per heavy atom. The summed E-state index contributed by atoms with van der Waals surface area (Å²) in [5.41, 5.74) is 1.20. The molecule has 0 spiro atoms. The summed E-state index contributed by atoms with van der Waals surface area (Å²) in [6, 6.07) is 0. The van der Waals surface area contributed by atoms with Gasteiger partial charge < -0.3 is 0 Å². The van der Waals surface area contributed by atoms with Gasteiger partial charge in [0.05, 0.1) is 0 Å². The molecule has 7 heavy (non-hydrogen) atoms. The Kier molecular flexibility index (Phi) is 0.911. The molecule has 0 aliphatic heterocycles. The molecule has 0 fully saturated rings. The maximum absolute atomic E-state index is 12.1. The van der Waals surface area contributed by atoms with E-state index in [0.717, 1.165) is 0 Å². The maximum Gasteiger partial charge on any atom is 0.107 e. The molecule has 0 radical (unpaired) electrons. The highest BCUT2D eigenvalue weighted by Crippen LogP contribution is 2.32. The summed E-state index contributed by atoms with van der Waals surface area (Å²) >= 11 is 0. The number of hydrogen-bond acceptors (Lipinski definition) is 0. The van der Waals surface area contributed by atoms with E-state index in [1.165, 1.54) is 5.57 Å². The van der Waals surface area contributed by atoms with Crippen LogP contribution in [0.3, 0.4) is 0 Å². The summed E-state index contributed by atoms with van der Waals surface area (Å²) in [5.74, 6) is 0.194. The highest BCUT2D eigenvalue weighted by atomic mass is 19.1. The van der Waals surface area contributed by atoms with Crippen LogP contribution in [0.15, 0.2) is 11.6 Å². The quantitative estimate of drug-likeness (QED) is 0.441. The predicted octanol–water partition coefficient (Wildman–Crippen LogP) is 1.92. The molecule has 0 aromatic rings. The van der Waals surface area contributed by atoms with Crippen molar-refractivity contribution in [1.82, 2.24) is 0 Å². The van der Waals surface area contributed by atoms with Gasteiger partial charge in [0.1, 0.15) is 6.17 Å². The highest BCUT2D eigenvalue weighted by Gasteiger charge is 2.25. The lowest BCUT2D eigenvalue weighted by Crippen LogP contribution is -1.96. The molecule has 0 saturated carbocycles. The van der Waals surface area contributed by atoms with Gasteiger partial charge in [-0.25, -0.2) is 4.39 Å². The van der Waals surface area contributed by atoms with Crippen molar-refractivity contribution in [3.8, 4) is 0 Å². The van der Waals surface area contributed by atoms with E-state index in [-0.39, 0.29) is 5.92 Å². The lowest BCUT2D eigenvalue weighted by atomic mass is 10.2. The average Bonchev–Trinajstić information content (AvgIpc) is 2.17. The van der Waals surface area contributed by atoms with E-state index >= 15 is 0 Å². The first kappa shape index (κ1) is 4.82. The van der Waals surface area contributed by atoms with Crippen molar-refractivity contribution >= 4 is 0 Å². The molecule has 0 heterocycles. The van der Waals surface area contributed by atoms with Crippen molar-refractivity contribution < 1.29 is 4.39 Å². The van der Waals surface area contributed by atoms with Gasteiger partial charge in [-0.1, -0.05) is 11.6 Å². The van der Waals surface area contributed by atoms with Crippen LogP contribution in [0, 0.1) is 5.92 Å². The van der Waals surface area contributed by atoms with Crippen molar-refractivity contribution in [2.24, 2.45) is 5.92 Å². The van der Waals surface area contributed by atoms with Crippen LogP contribution in [-0.2, 0) is 0 Å². The number of halogens is 1. The topological polar surface area (TPSA) is 0 Å². The van der Waals surface area contributed by atoms with Crippen molar-refractivity contribution in [3.05, 3.63) is 11.6 Å². The fraction of sp³-hybridized carbons (Fsp3) is 0.667. The molecular formula is C6H9F. The lowest BCUT2D eigenvalue weighted by molar-refractivity contribution is 0.334. The molecule has 1 aliphatic rings. The van der Waals surface area contributed by atoms with Gasteiger partial charge in [-0.15, -0.1) is 0 Å².